The Labute approximate surface area is 133 Å². The standard InChI is InChI=1S/C17H29N3O2/c1-13(2)7-5-6-10-19-17(18-3)20-12-14-11-15(22-4)8-9-16(14)21/h8-9,11,13,21H,5-7,10,12H2,1-4H3,(H2,18,19,20). The summed E-state index contributed by atoms with van der Waals surface area (Å²) >= 11 is 0. The maximum Gasteiger partial charge on any atom is 0.191 e. The number of unbranched alkanes of at least 4 members (excludes halogenated alkanes) is 1. The summed E-state index contributed by atoms with van der Waals surface area (Å²) in [6.45, 7) is 5.88. The van der Waals surface area contributed by atoms with Gasteiger partial charge in [0, 0.05) is 25.7 Å². The molecule has 0 bridgehead atoms. The van der Waals surface area contributed by atoms with Crippen LogP contribution in [-0.2, 0) is 6.54 Å². The van der Waals surface area contributed by atoms with Crippen molar-refractivity contribution in [3.05, 3.63) is 23.8 Å². The first-order valence-corrected chi connectivity index (χ1v) is 7.87. The van der Waals surface area contributed by atoms with Crippen molar-refractivity contribution >= 4 is 5.96 Å². The van der Waals surface area contributed by atoms with Gasteiger partial charge in [0.05, 0.1) is 7.11 Å². The molecule has 1 rings (SSSR count). The molecule has 22 heavy (non-hydrogen) atoms. The van der Waals surface area contributed by atoms with E-state index in [1.165, 1.54) is 12.8 Å². The molecule has 0 heterocycles. The smallest absolute Gasteiger partial charge is 0.191 e. The molecule has 1 aromatic carbocycles. The Morgan fingerprint density at radius 2 is 2.05 bits per heavy atom. The summed E-state index contributed by atoms with van der Waals surface area (Å²) in [5.41, 5.74) is 0.780. The highest BCUT2D eigenvalue weighted by atomic mass is 16.5. The van der Waals surface area contributed by atoms with E-state index in [1.807, 2.05) is 6.07 Å². The van der Waals surface area contributed by atoms with Gasteiger partial charge < -0.3 is 20.5 Å². The molecule has 0 atom stereocenters. The van der Waals surface area contributed by atoms with E-state index in [4.69, 9.17) is 4.74 Å². The maximum atomic E-state index is 9.86. The van der Waals surface area contributed by atoms with Crippen molar-refractivity contribution in [2.24, 2.45) is 10.9 Å². The van der Waals surface area contributed by atoms with Gasteiger partial charge in [-0.05, 0) is 30.5 Å². The Hall–Kier alpha value is -1.91. The molecule has 0 saturated carbocycles. The molecule has 0 aliphatic rings. The van der Waals surface area contributed by atoms with E-state index in [-0.39, 0.29) is 5.75 Å². The second kappa shape index (κ2) is 9.92. The Kier molecular flexibility index (Phi) is 8.18. The number of nitrogens with one attached hydrogen (secondary N) is 2. The molecule has 3 N–H and O–H groups in total. The van der Waals surface area contributed by atoms with Crippen LogP contribution in [0.1, 0.15) is 38.7 Å². The maximum absolute atomic E-state index is 9.86. The molecular formula is C17H29N3O2. The molecule has 5 nitrogen and oxygen atoms in total. The SMILES string of the molecule is CN=C(NCCCCC(C)C)NCc1cc(OC)ccc1O. The van der Waals surface area contributed by atoms with Gasteiger partial charge in [0.1, 0.15) is 11.5 Å². The van der Waals surface area contributed by atoms with Gasteiger partial charge in [-0.3, -0.25) is 4.99 Å². The summed E-state index contributed by atoms with van der Waals surface area (Å²) in [5.74, 6) is 2.48. The number of phenolic OH excluding ortho intramolecular Hbond substituents is 1. The topological polar surface area (TPSA) is 65.9 Å². The van der Waals surface area contributed by atoms with Gasteiger partial charge in [-0.1, -0.05) is 26.7 Å². The zero-order valence-corrected chi connectivity index (χ0v) is 14.1. The molecule has 124 valence electrons. The van der Waals surface area contributed by atoms with Crippen molar-refractivity contribution in [3.63, 3.8) is 0 Å². The van der Waals surface area contributed by atoms with E-state index in [9.17, 15) is 5.11 Å². The largest absolute Gasteiger partial charge is 0.508 e. The minimum atomic E-state index is 0.251. The highest BCUT2D eigenvalue weighted by molar-refractivity contribution is 5.79. The monoisotopic (exact) mass is 307 g/mol. The molecule has 0 saturated heterocycles. The van der Waals surface area contributed by atoms with E-state index >= 15 is 0 Å². The van der Waals surface area contributed by atoms with Crippen molar-refractivity contribution < 1.29 is 9.84 Å². The van der Waals surface area contributed by atoms with Gasteiger partial charge in [-0.15, -0.1) is 0 Å². The summed E-state index contributed by atoms with van der Waals surface area (Å²) in [7, 11) is 3.36. The average molecular weight is 307 g/mol. The number of nitrogens with zero attached hydrogens (tertiary/aromatic N) is 1. The molecule has 0 radical (unpaired) electrons. The highest BCUT2D eigenvalue weighted by Crippen LogP contribution is 2.22. The highest BCUT2D eigenvalue weighted by Gasteiger charge is 2.05. The third-order valence-corrected chi connectivity index (χ3v) is 3.46. The molecule has 0 spiro atoms. The summed E-state index contributed by atoms with van der Waals surface area (Å²) in [6.07, 6.45) is 3.60. The minimum Gasteiger partial charge on any atom is -0.508 e. The number of benzene rings is 1. The fourth-order valence-electron chi connectivity index (χ4n) is 2.11. The Bertz CT molecular complexity index is 473. The summed E-state index contributed by atoms with van der Waals surface area (Å²) < 4.78 is 5.17. The van der Waals surface area contributed by atoms with Crippen molar-refractivity contribution in [3.8, 4) is 11.5 Å². The average Bonchev–Trinajstić information content (AvgIpc) is 2.51. The van der Waals surface area contributed by atoms with Crippen LogP contribution < -0.4 is 15.4 Å². The number of phenols is 1. The predicted octanol–water partition coefficient (Wildman–Crippen LogP) is 2.89. The molecule has 0 aromatic heterocycles. The summed E-state index contributed by atoms with van der Waals surface area (Å²) in [6, 6.07) is 5.19. The van der Waals surface area contributed by atoms with Crippen LogP contribution in [0.25, 0.3) is 0 Å². The van der Waals surface area contributed by atoms with Crippen molar-refractivity contribution in [2.75, 3.05) is 20.7 Å². The van der Waals surface area contributed by atoms with Crippen molar-refractivity contribution in [1.29, 1.82) is 0 Å². The molecule has 1 aromatic rings. The number of hydrogen-bond donors (Lipinski definition) is 3. The van der Waals surface area contributed by atoms with Crippen LogP contribution in [0, 0.1) is 5.92 Å². The molecule has 0 amide bonds. The zero-order chi connectivity index (χ0) is 16.4. The first-order valence-electron chi connectivity index (χ1n) is 7.87. The van der Waals surface area contributed by atoms with Gasteiger partial charge in [-0.25, -0.2) is 0 Å². The zero-order valence-electron chi connectivity index (χ0n) is 14.1. The van der Waals surface area contributed by atoms with E-state index < -0.39 is 0 Å². The van der Waals surface area contributed by atoms with Crippen LogP contribution in [0.15, 0.2) is 23.2 Å². The summed E-state index contributed by atoms with van der Waals surface area (Å²) in [5, 5.41) is 16.3. The first-order chi connectivity index (χ1) is 10.6. The van der Waals surface area contributed by atoms with E-state index in [0.717, 1.165) is 36.2 Å². The number of rotatable bonds is 8. The van der Waals surface area contributed by atoms with Crippen LogP contribution in [0.2, 0.25) is 0 Å². The Morgan fingerprint density at radius 1 is 1.27 bits per heavy atom. The second-order valence-electron chi connectivity index (χ2n) is 5.74. The van der Waals surface area contributed by atoms with E-state index in [0.29, 0.717) is 6.54 Å². The lowest BCUT2D eigenvalue weighted by molar-refractivity contribution is 0.410. The van der Waals surface area contributed by atoms with Crippen molar-refractivity contribution in [1.82, 2.24) is 10.6 Å². The number of methoxy groups -OCH3 is 1. The Balaban J connectivity index is 2.38. The predicted molar refractivity (Wildman–Crippen MR) is 91.5 cm³/mol. The third kappa shape index (κ3) is 6.70. The van der Waals surface area contributed by atoms with Crippen LogP contribution in [0.3, 0.4) is 0 Å². The number of ether oxygens (including phenoxy) is 1. The molecule has 0 fully saturated rings. The van der Waals surface area contributed by atoms with Crippen LogP contribution in [0.4, 0.5) is 0 Å². The van der Waals surface area contributed by atoms with Crippen LogP contribution in [0.5, 0.6) is 11.5 Å². The number of hydrogen-bond acceptors (Lipinski definition) is 3. The normalized spacial score (nSPS) is 11.6. The molecule has 0 aliphatic heterocycles. The lowest BCUT2D eigenvalue weighted by Crippen LogP contribution is -2.37. The van der Waals surface area contributed by atoms with E-state index in [1.54, 1.807) is 26.3 Å². The third-order valence-electron chi connectivity index (χ3n) is 3.46. The molecule has 0 unspecified atom stereocenters. The first kappa shape index (κ1) is 18.1. The fourth-order valence-corrected chi connectivity index (χ4v) is 2.11. The van der Waals surface area contributed by atoms with Gasteiger partial charge in [-0.2, -0.15) is 0 Å². The van der Waals surface area contributed by atoms with Gasteiger partial charge in [0.15, 0.2) is 5.96 Å². The minimum absolute atomic E-state index is 0.251. The number of guanidine groups is 1. The van der Waals surface area contributed by atoms with Crippen molar-refractivity contribution in [2.45, 2.75) is 39.7 Å². The summed E-state index contributed by atoms with van der Waals surface area (Å²) in [4.78, 5) is 4.19. The van der Waals surface area contributed by atoms with E-state index in [2.05, 4.69) is 29.5 Å². The lowest BCUT2D eigenvalue weighted by atomic mass is 10.1. The number of aliphatic imine (C=N–C) groups is 1. The molecule has 5 heteroatoms. The van der Waals surface area contributed by atoms with Gasteiger partial charge in [0.2, 0.25) is 0 Å². The molecular weight excluding hydrogens is 278 g/mol. The van der Waals surface area contributed by atoms with Crippen LogP contribution >= 0.6 is 0 Å². The Morgan fingerprint density at radius 3 is 2.68 bits per heavy atom. The fraction of sp³-hybridized carbons (Fsp3) is 0.588. The van der Waals surface area contributed by atoms with Crippen LogP contribution in [-0.4, -0.2) is 31.8 Å². The second-order valence-corrected chi connectivity index (χ2v) is 5.74. The van der Waals surface area contributed by atoms with Gasteiger partial charge >= 0.3 is 0 Å². The quantitative estimate of drug-likeness (QED) is 0.392. The lowest BCUT2D eigenvalue weighted by Gasteiger charge is -2.13. The molecule has 0 aliphatic carbocycles. The number of aromatic hydroxyl groups is 1. The van der Waals surface area contributed by atoms with Gasteiger partial charge in [0.25, 0.3) is 0 Å².